The second-order valence-corrected chi connectivity index (χ2v) is 10.6. The molecule has 4 aliphatic heterocycles. The number of aliphatic hydroxyl groups is 1. The molecule has 2 atom stereocenters. The molecule has 0 aromatic carbocycles. The molecule has 1 aliphatic carbocycles. The third kappa shape index (κ3) is 6.73. The van der Waals surface area contributed by atoms with Crippen LogP contribution in [0.5, 0.6) is 0 Å². The summed E-state index contributed by atoms with van der Waals surface area (Å²) in [5, 5.41) is 28.7. The van der Waals surface area contributed by atoms with Crippen LogP contribution in [0.15, 0.2) is 88.0 Å². The lowest BCUT2D eigenvalue weighted by Gasteiger charge is -2.33. The molecule has 0 spiro atoms. The Morgan fingerprint density at radius 2 is 2.12 bits per heavy atom. The number of nitrogens with one attached hydrogen (secondary N) is 3. The molecule has 0 aromatic heterocycles. The normalized spacial score (nSPS) is 24.4. The van der Waals surface area contributed by atoms with E-state index >= 15 is 0 Å². The molecule has 42 heavy (non-hydrogen) atoms. The van der Waals surface area contributed by atoms with E-state index in [9.17, 15) is 14.9 Å². The van der Waals surface area contributed by atoms with E-state index in [-0.39, 0.29) is 30.1 Å². The van der Waals surface area contributed by atoms with Gasteiger partial charge in [-0.05, 0) is 24.1 Å². The predicted octanol–water partition coefficient (Wildman–Crippen LogP) is 1.61. The van der Waals surface area contributed by atoms with E-state index in [0.29, 0.717) is 63.3 Å². The van der Waals surface area contributed by atoms with Crippen molar-refractivity contribution in [2.24, 2.45) is 10.9 Å². The Labute approximate surface area is 245 Å². The van der Waals surface area contributed by atoms with Gasteiger partial charge in [0.05, 0.1) is 31.7 Å². The molecule has 0 aromatic rings. The van der Waals surface area contributed by atoms with E-state index in [2.05, 4.69) is 39.7 Å². The van der Waals surface area contributed by atoms with E-state index < -0.39 is 12.5 Å². The minimum Gasteiger partial charge on any atom is -0.493 e. The third-order valence-corrected chi connectivity index (χ3v) is 7.76. The average Bonchev–Trinajstić information content (AvgIpc) is 3.42. The maximum absolute atomic E-state index is 12.6. The summed E-state index contributed by atoms with van der Waals surface area (Å²) in [6.07, 6.45) is 16.7. The molecule has 0 bridgehead atoms. The number of ether oxygens (including phenoxy) is 2. The summed E-state index contributed by atoms with van der Waals surface area (Å²) in [6, 6.07) is 2.43. The number of fused-ring (bicyclic) bond motifs is 1. The molecule has 2 fully saturated rings. The smallest absolute Gasteiger partial charge is 0.251 e. The topological polar surface area (TPSA) is 148 Å². The van der Waals surface area contributed by atoms with Crippen molar-refractivity contribution in [2.75, 3.05) is 32.9 Å². The van der Waals surface area contributed by atoms with Crippen molar-refractivity contribution in [3.63, 3.8) is 0 Å². The zero-order chi connectivity index (χ0) is 29.5. The lowest BCUT2D eigenvalue weighted by Crippen LogP contribution is -2.48. The van der Waals surface area contributed by atoms with Crippen molar-refractivity contribution in [1.82, 2.24) is 20.9 Å². The number of nitrogens with zero attached hydrogens (tertiary/aromatic N) is 3. The van der Waals surface area contributed by atoms with Gasteiger partial charge in [0.25, 0.3) is 5.91 Å². The highest BCUT2D eigenvalue weighted by Gasteiger charge is 2.31. The number of carbonyl (C=O) groups excluding carboxylic acids is 2. The van der Waals surface area contributed by atoms with Gasteiger partial charge in [-0.2, -0.15) is 5.26 Å². The van der Waals surface area contributed by atoms with Crippen molar-refractivity contribution in [3.05, 3.63) is 83.0 Å². The molecular formula is C31H36N6O5. The van der Waals surface area contributed by atoms with Crippen LogP contribution in [0, 0.1) is 17.2 Å². The van der Waals surface area contributed by atoms with Crippen LogP contribution in [0.25, 0.3) is 0 Å². The molecule has 11 nitrogen and oxygen atoms in total. The van der Waals surface area contributed by atoms with Crippen LogP contribution in [0.2, 0.25) is 0 Å². The van der Waals surface area contributed by atoms with Crippen molar-refractivity contribution in [2.45, 2.75) is 44.0 Å². The number of hydrogen-bond acceptors (Lipinski definition) is 9. The highest BCUT2D eigenvalue weighted by molar-refractivity contribution is 5.96. The maximum atomic E-state index is 12.6. The number of hydrogen-bond donors (Lipinski definition) is 4. The van der Waals surface area contributed by atoms with Gasteiger partial charge in [-0.25, -0.2) is 4.99 Å². The molecule has 5 rings (SSSR count). The highest BCUT2D eigenvalue weighted by atomic mass is 16.5. The number of allylic oxidation sites excluding steroid dienone is 7. The van der Waals surface area contributed by atoms with Crippen LogP contribution in [-0.4, -0.2) is 79.4 Å². The largest absolute Gasteiger partial charge is 0.493 e. The quantitative estimate of drug-likeness (QED) is 0.228. The summed E-state index contributed by atoms with van der Waals surface area (Å²) in [5.41, 5.74) is 4.39. The van der Waals surface area contributed by atoms with Crippen LogP contribution in [0.4, 0.5) is 0 Å². The number of piperidine rings is 1. The Kier molecular flexibility index (Phi) is 9.36. The Bertz CT molecular complexity index is 1350. The average molecular weight is 573 g/mol. The van der Waals surface area contributed by atoms with E-state index in [1.165, 1.54) is 0 Å². The first-order valence-electron chi connectivity index (χ1n) is 14.2. The van der Waals surface area contributed by atoms with Gasteiger partial charge >= 0.3 is 0 Å². The van der Waals surface area contributed by atoms with Gasteiger partial charge in [-0.15, -0.1) is 0 Å². The van der Waals surface area contributed by atoms with E-state index in [4.69, 9.17) is 14.6 Å². The summed E-state index contributed by atoms with van der Waals surface area (Å²) in [4.78, 5) is 30.5. The summed E-state index contributed by atoms with van der Waals surface area (Å²) in [6.45, 7) is 5.36. The molecule has 220 valence electrons. The number of aliphatic hydroxyl groups excluding tert-OH is 1. The molecule has 2 amide bonds. The molecule has 11 heteroatoms. The minimum atomic E-state index is -0.481. The molecular weight excluding hydrogens is 536 g/mol. The third-order valence-electron chi connectivity index (χ3n) is 7.76. The molecule has 5 aliphatic rings. The lowest BCUT2D eigenvalue weighted by molar-refractivity contribution is -0.136. The van der Waals surface area contributed by atoms with Crippen molar-refractivity contribution in [1.29, 1.82) is 5.26 Å². The SMILES string of the molecule is C=C/C=C(\C=C/CC1=CC2=C(C3=CC=C(OC4CCN(C(=O)CO)CC4)[C@H](C#N)C3)NC=N[C@@H]2N1)C(=O)NC1COC1. The van der Waals surface area contributed by atoms with Gasteiger partial charge in [0.2, 0.25) is 5.91 Å². The zero-order valence-corrected chi connectivity index (χ0v) is 23.4. The monoisotopic (exact) mass is 572 g/mol. The van der Waals surface area contributed by atoms with E-state index in [0.717, 1.165) is 22.5 Å². The van der Waals surface area contributed by atoms with Crippen molar-refractivity contribution < 1.29 is 24.2 Å². The first kappa shape index (κ1) is 29.1. The van der Waals surface area contributed by atoms with Gasteiger partial charge in [-0.3, -0.25) is 9.59 Å². The molecule has 0 unspecified atom stereocenters. The zero-order valence-electron chi connectivity index (χ0n) is 23.4. The predicted molar refractivity (Wildman–Crippen MR) is 156 cm³/mol. The Morgan fingerprint density at radius 3 is 2.81 bits per heavy atom. The van der Waals surface area contributed by atoms with Crippen molar-refractivity contribution >= 4 is 18.2 Å². The summed E-state index contributed by atoms with van der Waals surface area (Å²) in [7, 11) is 0. The second kappa shape index (κ2) is 13.5. The van der Waals surface area contributed by atoms with E-state index in [1.807, 2.05) is 18.2 Å². The number of amides is 2. The minimum absolute atomic E-state index is 0.0481. The van der Waals surface area contributed by atoms with Crippen LogP contribution < -0.4 is 16.0 Å². The van der Waals surface area contributed by atoms with Gasteiger partial charge in [0, 0.05) is 54.9 Å². The van der Waals surface area contributed by atoms with Gasteiger partial charge in [0.15, 0.2) is 0 Å². The Balaban J connectivity index is 1.24. The number of likely N-dealkylation sites (tertiary alicyclic amines) is 1. The molecule has 0 saturated carbocycles. The van der Waals surface area contributed by atoms with Crippen molar-refractivity contribution in [3.8, 4) is 6.07 Å². The van der Waals surface area contributed by atoms with Crippen LogP contribution in [0.1, 0.15) is 25.7 Å². The fraction of sp³-hybridized carbons (Fsp3) is 0.419. The van der Waals surface area contributed by atoms with Gasteiger partial charge in [0.1, 0.15) is 30.6 Å². The van der Waals surface area contributed by atoms with Gasteiger partial charge in [-0.1, -0.05) is 37.0 Å². The summed E-state index contributed by atoms with van der Waals surface area (Å²) < 4.78 is 11.3. The number of aliphatic imine (C=N–C) groups is 1. The maximum Gasteiger partial charge on any atom is 0.251 e. The number of nitriles is 1. The molecule has 4 N–H and O–H groups in total. The highest BCUT2D eigenvalue weighted by Crippen LogP contribution is 2.35. The summed E-state index contributed by atoms with van der Waals surface area (Å²) in [5.74, 6) is -0.212. The number of carbonyl (C=O) groups is 2. The molecule has 4 heterocycles. The fourth-order valence-electron chi connectivity index (χ4n) is 5.40. The summed E-state index contributed by atoms with van der Waals surface area (Å²) >= 11 is 0. The standard InChI is InChI=1S/C31H36N6O5/c1-2-4-20(31(40)36-24-17-41-18-24)5-3-6-23-14-26-29(33-19-34-30(26)35-23)21-7-8-27(22(13-21)15-32)42-25-9-11-37(12-10-25)28(39)16-38/h2-5,7-8,14,19,22,24-25,30,35,38H,1,6,9-13,16-18H2,(H,33,34)(H,36,40)/b5-3-,20-4+/t22-,30+/m0/s1. The van der Waals surface area contributed by atoms with Crippen LogP contribution >= 0.6 is 0 Å². The Morgan fingerprint density at radius 1 is 1.31 bits per heavy atom. The first-order valence-corrected chi connectivity index (χ1v) is 14.2. The van der Waals surface area contributed by atoms with Gasteiger partial charge < -0.3 is 35.4 Å². The van der Waals surface area contributed by atoms with Crippen LogP contribution in [-0.2, 0) is 19.1 Å². The van der Waals surface area contributed by atoms with Crippen LogP contribution in [0.3, 0.4) is 0 Å². The van der Waals surface area contributed by atoms with E-state index in [1.54, 1.807) is 29.5 Å². The number of rotatable bonds is 10. The first-order chi connectivity index (χ1) is 20.5. The second-order valence-electron chi connectivity index (χ2n) is 10.6. The molecule has 2 saturated heterocycles. The lowest BCUT2D eigenvalue weighted by atomic mass is 9.89. The fourth-order valence-corrected chi connectivity index (χ4v) is 5.40. The molecule has 0 radical (unpaired) electrons. The Hall–Kier alpha value is -4.40.